The van der Waals surface area contributed by atoms with E-state index in [1.807, 2.05) is 6.92 Å². The number of thiazole rings is 1. The summed E-state index contributed by atoms with van der Waals surface area (Å²) in [6.07, 6.45) is 3.73. The zero-order valence-electron chi connectivity index (χ0n) is 12.1. The molecule has 0 aliphatic carbocycles. The van der Waals surface area contributed by atoms with Crippen molar-refractivity contribution < 1.29 is 9.53 Å². The van der Waals surface area contributed by atoms with Crippen molar-refractivity contribution in [2.24, 2.45) is 11.7 Å². The van der Waals surface area contributed by atoms with Crippen LogP contribution in [-0.2, 0) is 17.6 Å². The van der Waals surface area contributed by atoms with Crippen LogP contribution in [0.1, 0.15) is 54.0 Å². The summed E-state index contributed by atoms with van der Waals surface area (Å²) >= 11 is 1.47. The molecule has 0 fully saturated rings. The van der Waals surface area contributed by atoms with E-state index in [0.29, 0.717) is 23.9 Å². The van der Waals surface area contributed by atoms with Crippen molar-refractivity contribution in [2.75, 3.05) is 13.2 Å². The summed E-state index contributed by atoms with van der Waals surface area (Å²) in [7, 11) is 0. The number of hydrogen-bond donors (Lipinski definition) is 1. The number of hydrogen-bond acceptors (Lipinski definition) is 5. The summed E-state index contributed by atoms with van der Waals surface area (Å²) in [5.74, 6) is 0.243. The van der Waals surface area contributed by atoms with Crippen molar-refractivity contribution in [3.8, 4) is 0 Å². The van der Waals surface area contributed by atoms with Crippen molar-refractivity contribution in [1.82, 2.24) is 4.98 Å². The molecule has 1 aromatic rings. The van der Waals surface area contributed by atoms with Gasteiger partial charge in [0.25, 0.3) is 0 Å². The van der Waals surface area contributed by atoms with Crippen molar-refractivity contribution in [3.63, 3.8) is 0 Å². The van der Waals surface area contributed by atoms with E-state index in [1.54, 1.807) is 0 Å². The average molecular weight is 284 g/mol. The van der Waals surface area contributed by atoms with Gasteiger partial charge in [0.05, 0.1) is 17.3 Å². The Morgan fingerprint density at radius 1 is 1.42 bits per heavy atom. The summed E-state index contributed by atoms with van der Waals surface area (Å²) in [6.45, 7) is 7.18. The number of unbranched alkanes of at least 4 members (excludes halogenated alkanes) is 1. The fourth-order valence-electron chi connectivity index (χ4n) is 1.81. The fraction of sp³-hybridized carbons (Fsp3) is 0.714. The van der Waals surface area contributed by atoms with Crippen molar-refractivity contribution in [2.45, 2.75) is 46.5 Å². The minimum Gasteiger partial charge on any atom is -0.462 e. The van der Waals surface area contributed by atoms with Gasteiger partial charge in [0.2, 0.25) is 0 Å². The van der Waals surface area contributed by atoms with E-state index < -0.39 is 0 Å². The molecule has 0 radical (unpaired) electrons. The number of esters is 1. The highest BCUT2D eigenvalue weighted by Gasteiger charge is 2.19. The fourth-order valence-corrected chi connectivity index (χ4v) is 2.84. The third kappa shape index (κ3) is 5.28. The highest BCUT2D eigenvalue weighted by molar-refractivity contribution is 7.13. The molecule has 0 atom stereocenters. The molecule has 0 unspecified atom stereocenters. The first-order chi connectivity index (χ1) is 9.08. The second kappa shape index (κ2) is 8.27. The lowest BCUT2D eigenvalue weighted by molar-refractivity contribution is 0.0530. The van der Waals surface area contributed by atoms with E-state index in [-0.39, 0.29) is 5.97 Å². The number of carbonyl (C=O) groups excluding carboxylic acids is 1. The second-order valence-electron chi connectivity index (χ2n) is 4.95. The summed E-state index contributed by atoms with van der Waals surface area (Å²) in [4.78, 5) is 17.2. The molecule has 1 aromatic heterocycles. The zero-order valence-corrected chi connectivity index (χ0v) is 12.9. The molecule has 0 aliphatic rings. The van der Waals surface area contributed by atoms with Crippen molar-refractivity contribution >= 4 is 17.3 Å². The minimum atomic E-state index is -0.235. The topological polar surface area (TPSA) is 65.2 Å². The lowest BCUT2D eigenvalue weighted by Crippen LogP contribution is -2.07. The van der Waals surface area contributed by atoms with Crippen LogP contribution >= 0.6 is 11.3 Å². The molecule has 0 spiro atoms. The van der Waals surface area contributed by atoms with Crippen LogP contribution in [0.3, 0.4) is 0 Å². The molecule has 108 valence electrons. The summed E-state index contributed by atoms with van der Waals surface area (Å²) in [5.41, 5.74) is 6.38. The molecule has 1 heterocycles. The SMILES string of the molecule is CCOC(=O)c1sc(CCCCN)nc1CC(C)C. The van der Waals surface area contributed by atoms with Gasteiger partial charge in [0, 0.05) is 0 Å². The molecule has 1 rings (SSSR count). The molecule has 0 saturated heterocycles. The molecular formula is C14H24N2O2S. The van der Waals surface area contributed by atoms with Gasteiger partial charge in [0.15, 0.2) is 0 Å². The number of nitrogens with zero attached hydrogens (tertiary/aromatic N) is 1. The maximum atomic E-state index is 11.9. The van der Waals surface area contributed by atoms with Crippen LogP contribution in [-0.4, -0.2) is 24.1 Å². The molecule has 0 aliphatic heterocycles. The van der Waals surface area contributed by atoms with Gasteiger partial charge in [-0.3, -0.25) is 0 Å². The highest BCUT2D eigenvalue weighted by atomic mass is 32.1. The number of aromatic nitrogens is 1. The van der Waals surface area contributed by atoms with Gasteiger partial charge in [-0.15, -0.1) is 11.3 Å². The van der Waals surface area contributed by atoms with E-state index in [1.165, 1.54) is 11.3 Å². The monoisotopic (exact) mass is 284 g/mol. The molecule has 0 amide bonds. The van der Waals surface area contributed by atoms with Crippen LogP contribution in [0.4, 0.5) is 0 Å². The molecule has 5 heteroatoms. The standard InChI is InChI=1S/C14H24N2O2S/c1-4-18-14(17)13-11(9-10(2)3)16-12(19-13)7-5-6-8-15/h10H,4-9,15H2,1-3H3. The van der Waals surface area contributed by atoms with E-state index in [0.717, 1.165) is 36.4 Å². The van der Waals surface area contributed by atoms with Gasteiger partial charge < -0.3 is 10.5 Å². The van der Waals surface area contributed by atoms with Crippen LogP contribution < -0.4 is 5.73 Å². The number of carbonyl (C=O) groups is 1. The molecule has 2 N–H and O–H groups in total. The van der Waals surface area contributed by atoms with Crippen LogP contribution in [0.25, 0.3) is 0 Å². The Labute approximate surface area is 119 Å². The van der Waals surface area contributed by atoms with Gasteiger partial charge in [-0.1, -0.05) is 13.8 Å². The Balaban J connectivity index is 2.82. The number of aryl methyl sites for hydroxylation is 1. The predicted molar refractivity (Wildman–Crippen MR) is 78.6 cm³/mol. The molecule has 4 nitrogen and oxygen atoms in total. The van der Waals surface area contributed by atoms with Gasteiger partial charge in [-0.2, -0.15) is 0 Å². The quantitative estimate of drug-likeness (QED) is 0.589. The van der Waals surface area contributed by atoms with Crippen molar-refractivity contribution in [3.05, 3.63) is 15.6 Å². The largest absolute Gasteiger partial charge is 0.462 e. The van der Waals surface area contributed by atoms with E-state index in [9.17, 15) is 4.79 Å². The summed E-state index contributed by atoms with van der Waals surface area (Å²) in [5, 5.41) is 1.02. The highest BCUT2D eigenvalue weighted by Crippen LogP contribution is 2.23. The third-order valence-electron chi connectivity index (χ3n) is 2.65. The van der Waals surface area contributed by atoms with Crippen LogP contribution in [0.5, 0.6) is 0 Å². The number of ether oxygens (including phenoxy) is 1. The van der Waals surface area contributed by atoms with Gasteiger partial charge in [0.1, 0.15) is 4.88 Å². The van der Waals surface area contributed by atoms with Gasteiger partial charge in [-0.25, -0.2) is 9.78 Å². The summed E-state index contributed by atoms with van der Waals surface area (Å²) in [6, 6.07) is 0. The Kier molecular flexibility index (Phi) is 7.02. The summed E-state index contributed by atoms with van der Waals surface area (Å²) < 4.78 is 5.10. The Bertz CT molecular complexity index is 402. The van der Waals surface area contributed by atoms with E-state index >= 15 is 0 Å². The van der Waals surface area contributed by atoms with Gasteiger partial charge >= 0.3 is 5.97 Å². The smallest absolute Gasteiger partial charge is 0.350 e. The molecule has 0 saturated carbocycles. The minimum absolute atomic E-state index is 0.235. The first-order valence-electron chi connectivity index (χ1n) is 6.94. The maximum Gasteiger partial charge on any atom is 0.350 e. The van der Waals surface area contributed by atoms with Gasteiger partial charge in [-0.05, 0) is 45.1 Å². The first-order valence-corrected chi connectivity index (χ1v) is 7.75. The third-order valence-corrected chi connectivity index (χ3v) is 3.79. The lowest BCUT2D eigenvalue weighted by atomic mass is 10.1. The number of rotatable bonds is 8. The Morgan fingerprint density at radius 3 is 2.74 bits per heavy atom. The number of nitrogens with two attached hydrogens (primary N) is 1. The Hall–Kier alpha value is -0.940. The first kappa shape index (κ1) is 16.1. The van der Waals surface area contributed by atoms with Crippen LogP contribution in [0.2, 0.25) is 0 Å². The maximum absolute atomic E-state index is 11.9. The molecule has 19 heavy (non-hydrogen) atoms. The average Bonchev–Trinajstić information content (AvgIpc) is 2.72. The molecule has 0 bridgehead atoms. The molecular weight excluding hydrogens is 260 g/mol. The zero-order chi connectivity index (χ0) is 14.3. The van der Waals surface area contributed by atoms with E-state index in [2.05, 4.69) is 18.8 Å². The lowest BCUT2D eigenvalue weighted by Gasteiger charge is -2.04. The van der Waals surface area contributed by atoms with E-state index in [4.69, 9.17) is 10.5 Å². The normalized spacial score (nSPS) is 11.0. The van der Waals surface area contributed by atoms with Crippen molar-refractivity contribution in [1.29, 1.82) is 0 Å². The van der Waals surface area contributed by atoms with Crippen LogP contribution in [0, 0.1) is 5.92 Å². The Morgan fingerprint density at radius 2 is 2.16 bits per heavy atom. The molecule has 0 aromatic carbocycles. The predicted octanol–water partition coefficient (Wildman–Crippen LogP) is 2.80. The second-order valence-corrected chi connectivity index (χ2v) is 6.03. The van der Waals surface area contributed by atoms with Crippen LogP contribution in [0.15, 0.2) is 0 Å².